The number of carbonyl (C=O) groups excluding carboxylic acids is 2. The van der Waals surface area contributed by atoms with Gasteiger partial charge in [-0.3, -0.25) is 0 Å². The Labute approximate surface area is 98.2 Å². The predicted octanol–water partition coefficient (Wildman–Crippen LogP) is 0.658. The molecule has 1 aliphatic carbocycles. The molecule has 0 atom stereocenters. The number of methoxy groups -OCH3 is 1. The molecule has 17 heavy (non-hydrogen) atoms. The van der Waals surface area contributed by atoms with Gasteiger partial charge in [0.05, 0.1) is 7.11 Å². The molecule has 0 heterocycles. The van der Waals surface area contributed by atoms with E-state index in [2.05, 4.69) is 9.47 Å². The van der Waals surface area contributed by atoms with Gasteiger partial charge in [-0.2, -0.15) is 0 Å². The number of hydrogen-bond acceptors (Lipinski definition) is 5. The van der Waals surface area contributed by atoms with Crippen molar-refractivity contribution in [1.82, 2.24) is 0 Å². The molecule has 0 aromatic carbocycles. The Hall–Kier alpha value is -1.85. The van der Waals surface area contributed by atoms with Gasteiger partial charge in [-0.05, 0) is 25.7 Å². The van der Waals surface area contributed by atoms with E-state index < -0.39 is 24.5 Å². The van der Waals surface area contributed by atoms with Crippen LogP contribution in [0.4, 0.5) is 0 Å². The molecule has 0 saturated heterocycles. The minimum Gasteiger partial charge on any atom is -0.478 e. The zero-order valence-corrected chi connectivity index (χ0v) is 9.52. The van der Waals surface area contributed by atoms with Crippen LogP contribution in [0, 0.1) is 0 Å². The summed E-state index contributed by atoms with van der Waals surface area (Å²) in [4.78, 5) is 33.3. The molecule has 0 saturated carbocycles. The third-order valence-corrected chi connectivity index (χ3v) is 2.52. The number of ether oxygens (including phenoxy) is 2. The van der Waals surface area contributed by atoms with Crippen molar-refractivity contribution in [2.75, 3.05) is 13.7 Å². The number of esters is 2. The molecule has 1 N–H and O–H groups in total. The second-order valence-corrected chi connectivity index (χ2v) is 3.62. The second kappa shape index (κ2) is 6.03. The zero-order chi connectivity index (χ0) is 12.8. The SMILES string of the molecule is COC(=O)COC(=O)C1=C(C(=O)O)CCCC1. The molecule has 0 aromatic rings. The lowest BCUT2D eigenvalue weighted by Crippen LogP contribution is -2.20. The van der Waals surface area contributed by atoms with E-state index in [-0.39, 0.29) is 11.1 Å². The first kappa shape index (κ1) is 13.2. The molecule has 0 fully saturated rings. The summed E-state index contributed by atoms with van der Waals surface area (Å²) in [6, 6.07) is 0. The fourth-order valence-electron chi connectivity index (χ4n) is 1.64. The van der Waals surface area contributed by atoms with Gasteiger partial charge in [0.2, 0.25) is 0 Å². The van der Waals surface area contributed by atoms with Crippen molar-refractivity contribution in [2.24, 2.45) is 0 Å². The van der Waals surface area contributed by atoms with Gasteiger partial charge in [0.25, 0.3) is 0 Å². The van der Waals surface area contributed by atoms with Crippen LogP contribution in [-0.4, -0.2) is 36.7 Å². The third-order valence-electron chi connectivity index (χ3n) is 2.52. The Balaban J connectivity index is 2.71. The highest BCUT2D eigenvalue weighted by Gasteiger charge is 2.24. The molecule has 0 bridgehead atoms. The highest BCUT2D eigenvalue weighted by atomic mass is 16.6. The van der Waals surface area contributed by atoms with Gasteiger partial charge in [0, 0.05) is 11.1 Å². The average molecular weight is 242 g/mol. The number of aliphatic carboxylic acids is 1. The Morgan fingerprint density at radius 1 is 1.18 bits per heavy atom. The molecule has 94 valence electrons. The molecular formula is C11H14O6. The molecule has 0 unspecified atom stereocenters. The highest BCUT2D eigenvalue weighted by molar-refractivity contribution is 6.00. The standard InChI is InChI=1S/C11H14O6/c1-16-9(12)6-17-11(15)8-5-3-2-4-7(8)10(13)14/h2-6H2,1H3,(H,13,14). The molecule has 1 aliphatic rings. The van der Waals surface area contributed by atoms with Crippen molar-refractivity contribution in [2.45, 2.75) is 25.7 Å². The van der Waals surface area contributed by atoms with E-state index in [4.69, 9.17) is 5.11 Å². The zero-order valence-electron chi connectivity index (χ0n) is 9.52. The van der Waals surface area contributed by atoms with Crippen LogP contribution in [0.1, 0.15) is 25.7 Å². The number of carboxylic acids is 1. The number of carbonyl (C=O) groups is 3. The van der Waals surface area contributed by atoms with Crippen LogP contribution in [0.2, 0.25) is 0 Å². The summed E-state index contributed by atoms with van der Waals surface area (Å²) in [5.41, 5.74) is 0.249. The first-order valence-electron chi connectivity index (χ1n) is 5.25. The lowest BCUT2D eigenvalue weighted by atomic mass is 9.92. The van der Waals surface area contributed by atoms with Crippen LogP contribution in [0.5, 0.6) is 0 Å². The fourth-order valence-corrected chi connectivity index (χ4v) is 1.64. The van der Waals surface area contributed by atoms with Crippen LogP contribution >= 0.6 is 0 Å². The quantitative estimate of drug-likeness (QED) is 0.728. The fraction of sp³-hybridized carbons (Fsp3) is 0.545. The van der Waals surface area contributed by atoms with Crippen molar-refractivity contribution in [1.29, 1.82) is 0 Å². The molecule has 0 radical (unpaired) electrons. The van der Waals surface area contributed by atoms with Crippen LogP contribution in [0.15, 0.2) is 11.1 Å². The summed E-state index contributed by atoms with van der Waals surface area (Å²) >= 11 is 0. The van der Waals surface area contributed by atoms with Crippen molar-refractivity contribution >= 4 is 17.9 Å². The van der Waals surface area contributed by atoms with Crippen molar-refractivity contribution in [3.63, 3.8) is 0 Å². The number of carboxylic acid groups (broad SMARTS) is 1. The molecular weight excluding hydrogens is 228 g/mol. The maximum Gasteiger partial charge on any atom is 0.344 e. The first-order valence-corrected chi connectivity index (χ1v) is 5.25. The Morgan fingerprint density at radius 2 is 1.76 bits per heavy atom. The van der Waals surface area contributed by atoms with E-state index in [9.17, 15) is 14.4 Å². The van der Waals surface area contributed by atoms with E-state index in [1.165, 1.54) is 7.11 Å². The van der Waals surface area contributed by atoms with Crippen molar-refractivity contribution in [3.05, 3.63) is 11.1 Å². The molecule has 1 rings (SSSR count). The van der Waals surface area contributed by atoms with Gasteiger partial charge >= 0.3 is 17.9 Å². The maximum absolute atomic E-state index is 11.6. The summed E-state index contributed by atoms with van der Waals surface area (Å²) in [6.45, 7) is -0.494. The van der Waals surface area contributed by atoms with E-state index in [1.807, 2.05) is 0 Å². The molecule has 0 aromatic heterocycles. The van der Waals surface area contributed by atoms with E-state index in [0.717, 1.165) is 12.8 Å². The topological polar surface area (TPSA) is 89.9 Å². The lowest BCUT2D eigenvalue weighted by Gasteiger charge is -2.16. The smallest absolute Gasteiger partial charge is 0.344 e. The normalized spacial score (nSPS) is 15.4. The lowest BCUT2D eigenvalue weighted by molar-refractivity contribution is -0.154. The summed E-state index contributed by atoms with van der Waals surface area (Å²) < 4.78 is 8.99. The van der Waals surface area contributed by atoms with Gasteiger partial charge in [-0.1, -0.05) is 0 Å². The largest absolute Gasteiger partial charge is 0.478 e. The van der Waals surface area contributed by atoms with Crippen LogP contribution in [-0.2, 0) is 23.9 Å². The maximum atomic E-state index is 11.6. The van der Waals surface area contributed by atoms with E-state index in [0.29, 0.717) is 12.8 Å². The van der Waals surface area contributed by atoms with Crippen molar-refractivity contribution in [3.8, 4) is 0 Å². The Bertz CT molecular complexity index is 368. The van der Waals surface area contributed by atoms with Gasteiger partial charge in [-0.15, -0.1) is 0 Å². The molecule has 0 amide bonds. The highest BCUT2D eigenvalue weighted by Crippen LogP contribution is 2.25. The minimum atomic E-state index is -1.10. The average Bonchev–Trinajstić information content (AvgIpc) is 2.35. The minimum absolute atomic E-state index is 0.0890. The Kier molecular flexibility index (Phi) is 4.68. The molecule has 6 heteroatoms. The van der Waals surface area contributed by atoms with E-state index in [1.54, 1.807) is 0 Å². The summed E-state index contributed by atoms with van der Waals surface area (Å²) in [7, 11) is 1.18. The van der Waals surface area contributed by atoms with Gasteiger partial charge in [0.15, 0.2) is 6.61 Å². The molecule has 0 aliphatic heterocycles. The van der Waals surface area contributed by atoms with Gasteiger partial charge in [-0.25, -0.2) is 14.4 Å². The van der Waals surface area contributed by atoms with E-state index >= 15 is 0 Å². The summed E-state index contributed by atoms with van der Waals surface area (Å²) in [5.74, 6) is -2.52. The van der Waals surface area contributed by atoms with Gasteiger partial charge in [0.1, 0.15) is 0 Å². The Morgan fingerprint density at radius 3 is 2.29 bits per heavy atom. The summed E-state index contributed by atoms with van der Waals surface area (Å²) in [5, 5.41) is 8.92. The predicted molar refractivity (Wildman–Crippen MR) is 56.1 cm³/mol. The molecule has 6 nitrogen and oxygen atoms in total. The summed E-state index contributed by atoms with van der Waals surface area (Å²) in [6.07, 6.45) is 2.23. The monoisotopic (exact) mass is 242 g/mol. The second-order valence-electron chi connectivity index (χ2n) is 3.62. The van der Waals surface area contributed by atoms with Gasteiger partial charge < -0.3 is 14.6 Å². The third kappa shape index (κ3) is 3.58. The molecule has 0 spiro atoms. The number of hydrogen-bond donors (Lipinski definition) is 1. The van der Waals surface area contributed by atoms with Crippen LogP contribution < -0.4 is 0 Å². The van der Waals surface area contributed by atoms with Crippen molar-refractivity contribution < 1.29 is 29.0 Å². The number of rotatable bonds is 4. The first-order chi connectivity index (χ1) is 8.06. The van der Waals surface area contributed by atoms with Crippen LogP contribution in [0.25, 0.3) is 0 Å². The van der Waals surface area contributed by atoms with Crippen LogP contribution in [0.3, 0.4) is 0 Å².